The molecule has 0 unspecified atom stereocenters. The highest BCUT2D eigenvalue weighted by molar-refractivity contribution is 6.62. The zero-order chi connectivity index (χ0) is 16.1. The minimum atomic E-state index is -0.329. The van der Waals surface area contributed by atoms with E-state index >= 15 is 0 Å². The van der Waals surface area contributed by atoms with Gasteiger partial charge in [0.2, 0.25) is 0 Å². The highest BCUT2D eigenvalue weighted by Crippen LogP contribution is 2.36. The zero-order valence-electron chi connectivity index (χ0n) is 14.4. The van der Waals surface area contributed by atoms with E-state index in [1.165, 1.54) is 0 Å². The number of imidazole rings is 1. The lowest BCUT2D eigenvalue weighted by atomic mass is 9.79. The second-order valence-electron chi connectivity index (χ2n) is 7.63. The Balaban J connectivity index is 1.91. The molecular formula is C17H25BN2O2. The fourth-order valence-corrected chi connectivity index (χ4v) is 2.75. The molecule has 0 radical (unpaired) electrons. The molecule has 4 nitrogen and oxygen atoms in total. The molecule has 1 aliphatic rings. The van der Waals surface area contributed by atoms with Gasteiger partial charge in [-0.15, -0.1) is 0 Å². The van der Waals surface area contributed by atoms with Gasteiger partial charge in [0, 0.05) is 6.54 Å². The van der Waals surface area contributed by atoms with Gasteiger partial charge < -0.3 is 13.9 Å². The number of hydrogen-bond donors (Lipinski definition) is 0. The lowest BCUT2D eigenvalue weighted by Crippen LogP contribution is -2.41. The third-order valence-electron chi connectivity index (χ3n) is 4.73. The van der Waals surface area contributed by atoms with E-state index in [0.717, 1.165) is 23.0 Å². The monoisotopic (exact) mass is 300 g/mol. The molecule has 0 bridgehead atoms. The smallest absolute Gasteiger partial charge is 0.399 e. The van der Waals surface area contributed by atoms with Gasteiger partial charge in [0.1, 0.15) is 0 Å². The molecule has 0 N–H and O–H groups in total. The lowest BCUT2D eigenvalue weighted by Gasteiger charge is -2.32. The summed E-state index contributed by atoms with van der Waals surface area (Å²) in [6, 6.07) is 6.28. The molecule has 0 amide bonds. The van der Waals surface area contributed by atoms with Crippen LogP contribution in [-0.4, -0.2) is 27.9 Å². The van der Waals surface area contributed by atoms with Crippen LogP contribution in [0.15, 0.2) is 24.5 Å². The average Bonchev–Trinajstić information content (AvgIpc) is 2.88. The molecule has 0 spiro atoms. The maximum Gasteiger partial charge on any atom is 0.494 e. The number of aromatic nitrogens is 2. The van der Waals surface area contributed by atoms with Crippen LogP contribution >= 0.6 is 0 Å². The van der Waals surface area contributed by atoms with Crippen LogP contribution in [0.25, 0.3) is 11.0 Å². The Kier molecular flexibility index (Phi) is 3.61. The van der Waals surface area contributed by atoms with E-state index in [9.17, 15) is 0 Å². The number of nitrogens with zero attached hydrogens (tertiary/aromatic N) is 2. The summed E-state index contributed by atoms with van der Waals surface area (Å²) in [6.07, 6.45) is 1.92. The van der Waals surface area contributed by atoms with Crippen LogP contribution in [0.2, 0.25) is 0 Å². The normalized spacial score (nSPS) is 20.2. The molecule has 1 aromatic heterocycles. The highest BCUT2D eigenvalue weighted by atomic mass is 16.7. The van der Waals surface area contributed by atoms with Gasteiger partial charge in [-0.2, -0.15) is 0 Å². The van der Waals surface area contributed by atoms with Crippen molar-refractivity contribution in [3.8, 4) is 0 Å². The largest absolute Gasteiger partial charge is 0.494 e. The van der Waals surface area contributed by atoms with Crippen LogP contribution in [0.3, 0.4) is 0 Å². The van der Waals surface area contributed by atoms with Crippen LogP contribution in [0.5, 0.6) is 0 Å². The third kappa shape index (κ3) is 2.57. The standard InChI is InChI=1S/C17H25BN2O2/c1-12(2)10-20-11-19-14-9-13(7-8-15(14)20)18-21-16(3,4)17(5,6)22-18/h7-9,11-12H,10H2,1-6H3. The van der Waals surface area contributed by atoms with Gasteiger partial charge in [-0.05, 0) is 51.2 Å². The summed E-state index contributed by atoms with van der Waals surface area (Å²) in [5.74, 6) is 0.597. The van der Waals surface area contributed by atoms with Gasteiger partial charge in [-0.3, -0.25) is 0 Å². The Labute approximate surface area is 133 Å². The fraction of sp³-hybridized carbons (Fsp3) is 0.588. The first-order chi connectivity index (χ1) is 10.2. The molecule has 5 heteroatoms. The zero-order valence-corrected chi connectivity index (χ0v) is 14.4. The summed E-state index contributed by atoms with van der Waals surface area (Å²) < 4.78 is 14.4. The summed E-state index contributed by atoms with van der Waals surface area (Å²) in [6.45, 7) is 13.7. The summed E-state index contributed by atoms with van der Waals surface area (Å²) >= 11 is 0. The first-order valence-electron chi connectivity index (χ1n) is 8.00. The second-order valence-corrected chi connectivity index (χ2v) is 7.63. The van der Waals surface area contributed by atoms with Gasteiger partial charge in [-0.1, -0.05) is 19.9 Å². The predicted octanol–water partition coefficient (Wildman–Crippen LogP) is 2.99. The van der Waals surface area contributed by atoms with Gasteiger partial charge in [0.05, 0.1) is 28.6 Å². The van der Waals surface area contributed by atoms with E-state index in [2.05, 4.69) is 69.3 Å². The first-order valence-corrected chi connectivity index (χ1v) is 8.00. The SMILES string of the molecule is CC(C)Cn1cnc2cc(B3OC(C)(C)C(C)(C)O3)ccc21. The molecule has 0 aliphatic carbocycles. The third-order valence-corrected chi connectivity index (χ3v) is 4.73. The van der Waals surface area contributed by atoms with Crippen molar-refractivity contribution in [1.82, 2.24) is 9.55 Å². The van der Waals surface area contributed by atoms with Crippen molar-refractivity contribution in [3.05, 3.63) is 24.5 Å². The van der Waals surface area contributed by atoms with E-state index in [0.29, 0.717) is 5.92 Å². The fourth-order valence-electron chi connectivity index (χ4n) is 2.75. The Morgan fingerprint density at radius 3 is 2.36 bits per heavy atom. The van der Waals surface area contributed by atoms with Gasteiger partial charge in [0.15, 0.2) is 0 Å². The summed E-state index contributed by atoms with van der Waals surface area (Å²) in [5.41, 5.74) is 2.55. The molecule has 0 atom stereocenters. The summed E-state index contributed by atoms with van der Waals surface area (Å²) in [4.78, 5) is 4.53. The number of benzene rings is 1. The van der Waals surface area contributed by atoms with E-state index < -0.39 is 0 Å². The Morgan fingerprint density at radius 2 is 1.77 bits per heavy atom. The van der Waals surface area contributed by atoms with Crippen molar-refractivity contribution in [2.75, 3.05) is 0 Å². The molecule has 2 heterocycles. The molecule has 1 aliphatic heterocycles. The predicted molar refractivity (Wildman–Crippen MR) is 90.3 cm³/mol. The minimum Gasteiger partial charge on any atom is -0.399 e. The van der Waals surface area contributed by atoms with E-state index in [-0.39, 0.29) is 18.3 Å². The van der Waals surface area contributed by atoms with Crippen LogP contribution in [0.1, 0.15) is 41.5 Å². The molecule has 1 fully saturated rings. The summed E-state index contributed by atoms with van der Waals surface area (Å²) in [5, 5.41) is 0. The van der Waals surface area contributed by atoms with Gasteiger partial charge in [0.25, 0.3) is 0 Å². The molecular weight excluding hydrogens is 275 g/mol. The molecule has 3 rings (SSSR count). The quantitative estimate of drug-likeness (QED) is 0.818. The van der Waals surface area contributed by atoms with Crippen molar-refractivity contribution < 1.29 is 9.31 Å². The van der Waals surface area contributed by atoms with Gasteiger partial charge >= 0.3 is 7.12 Å². The number of rotatable bonds is 3. The van der Waals surface area contributed by atoms with Crippen molar-refractivity contribution >= 4 is 23.6 Å². The van der Waals surface area contributed by atoms with Crippen LogP contribution in [0, 0.1) is 5.92 Å². The second kappa shape index (κ2) is 5.10. The van der Waals surface area contributed by atoms with Crippen LogP contribution in [-0.2, 0) is 15.9 Å². The molecule has 22 heavy (non-hydrogen) atoms. The Bertz CT molecular complexity index is 675. The number of fused-ring (bicyclic) bond motifs is 1. The molecule has 0 saturated carbocycles. The van der Waals surface area contributed by atoms with Gasteiger partial charge in [-0.25, -0.2) is 4.98 Å². The number of hydrogen-bond acceptors (Lipinski definition) is 3. The highest BCUT2D eigenvalue weighted by Gasteiger charge is 2.51. The minimum absolute atomic E-state index is 0.316. The van der Waals surface area contributed by atoms with E-state index in [1.807, 2.05) is 6.33 Å². The molecule has 118 valence electrons. The van der Waals surface area contributed by atoms with Crippen molar-refractivity contribution in [2.45, 2.75) is 59.3 Å². The van der Waals surface area contributed by atoms with E-state index in [4.69, 9.17) is 9.31 Å². The molecule has 2 aromatic rings. The Hall–Kier alpha value is -1.33. The molecule has 1 saturated heterocycles. The first kappa shape index (κ1) is 15.6. The van der Waals surface area contributed by atoms with Crippen LogP contribution < -0.4 is 5.46 Å². The van der Waals surface area contributed by atoms with Crippen LogP contribution in [0.4, 0.5) is 0 Å². The molecule has 1 aromatic carbocycles. The maximum absolute atomic E-state index is 6.11. The van der Waals surface area contributed by atoms with Crippen molar-refractivity contribution in [3.63, 3.8) is 0 Å². The lowest BCUT2D eigenvalue weighted by molar-refractivity contribution is 0.00578. The summed E-state index contributed by atoms with van der Waals surface area (Å²) in [7, 11) is -0.329. The topological polar surface area (TPSA) is 36.3 Å². The van der Waals surface area contributed by atoms with Crippen molar-refractivity contribution in [1.29, 1.82) is 0 Å². The maximum atomic E-state index is 6.11. The average molecular weight is 300 g/mol. The van der Waals surface area contributed by atoms with Crippen molar-refractivity contribution in [2.24, 2.45) is 5.92 Å². The Morgan fingerprint density at radius 1 is 1.14 bits per heavy atom. The van der Waals surface area contributed by atoms with E-state index in [1.54, 1.807) is 0 Å².